The number of nitrogens with zero attached hydrogens (tertiary/aromatic N) is 2. The molecule has 0 N–H and O–H groups in total. The zero-order valence-corrected chi connectivity index (χ0v) is 19.0. The van der Waals surface area contributed by atoms with Crippen molar-refractivity contribution in [3.8, 4) is 5.75 Å². The van der Waals surface area contributed by atoms with Gasteiger partial charge in [-0.05, 0) is 50.1 Å². The minimum Gasteiger partial charge on any atom is -0.492 e. The number of sulfonamides is 1. The fourth-order valence-electron chi connectivity index (χ4n) is 4.36. The van der Waals surface area contributed by atoms with Gasteiger partial charge in [-0.15, -0.1) is 0 Å². The minimum atomic E-state index is -3.72. The Morgan fingerprint density at radius 1 is 0.935 bits per heavy atom. The van der Waals surface area contributed by atoms with Crippen molar-refractivity contribution < 1.29 is 22.7 Å². The molecule has 2 aliphatic heterocycles. The smallest absolute Gasteiger partial charge is 0.254 e. The van der Waals surface area contributed by atoms with Gasteiger partial charge in [-0.3, -0.25) is 4.79 Å². The fourth-order valence-corrected chi connectivity index (χ4v) is 6.17. The van der Waals surface area contributed by atoms with Crippen LogP contribution in [0.3, 0.4) is 0 Å². The molecule has 0 atom stereocenters. The highest BCUT2D eigenvalue weighted by Crippen LogP contribution is 2.31. The lowest BCUT2D eigenvalue weighted by molar-refractivity contribution is 0.0303. The number of fused-ring (bicyclic) bond motifs is 1. The normalized spacial score (nSPS) is 17.6. The van der Waals surface area contributed by atoms with Crippen molar-refractivity contribution in [2.24, 2.45) is 0 Å². The SMILES string of the molecule is Cc1cc(C)c(S(=O)(=O)N2CCOc3ccc(C(=O)N4CCOCC4)cc3C2)c(C)c1. The standard InChI is InChI=1S/C23H28N2O5S/c1-16-12-17(2)22(18(3)13-16)31(27,28)25-8-11-30-21-5-4-19(14-20(21)15-25)23(26)24-6-9-29-10-7-24/h4-5,12-14H,6-11,15H2,1-3H3. The van der Waals surface area contributed by atoms with E-state index in [-0.39, 0.29) is 25.6 Å². The summed E-state index contributed by atoms with van der Waals surface area (Å²) in [5.74, 6) is 0.545. The van der Waals surface area contributed by atoms with Gasteiger partial charge in [0.15, 0.2) is 0 Å². The molecule has 0 aromatic heterocycles. The third kappa shape index (κ3) is 4.33. The van der Waals surface area contributed by atoms with Gasteiger partial charge in [-0.1, -0.05) is 17.7 Å². The van der Waals surface area contributed by atoms with Gasteiger partial charge in [0.1, 0.15) is 12.4 Å². The first kappa shape index (κ1) is 21.8. The number of benzene rings is 2. The van der Waals surface area contributed by atoms with Crippen molar-refractivity contribution in [3.63, 3.8) is 0 Å². The summed E-state index contributed by atoms with van der Waals surface area (Å²) in [6.07, 6.45) is 0. The molecule has 2 aliphatic rings. The summed E-state index contributed by atoms with van der Waals surface area (Å²) in [5, 5.41) is 0. The Morgan fingerprint density at radius 2 is 1.61 bits per heavy atom. The molecule has 166 valence electrons. The Kier molecular flexibility index (Phi) is 6.05. The van der Waals surface area contributed by atoms with E-state index in [1.807, 2.05) is 32.9 Å². The van der Waals surface area contributed by atoms with E-state index in [2.05, 4.69) is 0 Å². The third-order valence-corrected chi connectivity index (χ3v) is 7.90. The second kappa shape index (κ2) is 8.61. The fraction of sp³-hybridized carbons (Fsp3) is 0.435. The van der Waals surface area contributed by atoms with Crippen LogP contribution in [0.5, 0.6) is 5.75 Å². The van der Waals surface area contributed by atoms with Gasteiger partial charge < -0.3 is 14.4 Å². The number of hydrogen-bond acceptors (Lipinski definition) is 5. The Bertz CT molecular complexity index is 1080. The summed E-state index contributed by atoms with van der Waals surface area (Å²) in [5.41, 5.74) is 3.73. The molecule has 7 nitrogen and oxygen atoms in total. The van der Waals surface area contributed by atoms with Gasteiger partial charge in [0.05, 0.1) is 18.1 Å². The van der Waals surface area contributed by atoms with E-state index in [0.717, 1.165) is 16.7 Å². The van der Waals surface area contributed by atoms with Gasteiger partial charge in [0, 0.05) is 37.3 Å². The quantitative estimate of drug-likeness (QED) is 0.728. The topological polar surface area (TPSA) is 76.2 Å². The van der Waals surface area contributed by atoms with Crippen LogP contribution in [0.2, 0.25) is 0 Å². The molecule has 2 aromatic rings. The number of carbonyl (C=O) groups is 1. The summed E-state index contributed by atoms with van der Waals surface area (Å²) in [7, 11) is -3.72. The number of morpholine rings is 1. The predicted molar refractivity (Wildman–Crippen MR) is 117 cm³/mol. The first-order chi connectivity index (χ1) is 14.8. The van der Waals surface area contributed by atoms with E-state index in [0.29, 0.717) is 48.1 Å². The van der Waals surface area contributed by atoms with E-state index in [4.69, 9.17) is 9.47 Å². The lowest BCUT2D eigenvalue weighted by Gasteiger charge is -2.27. The molecular weight excluding hydrogens is 416 g/mol. The lowest BCUT2D eigenvalue weighted by atomic mass is 10.1. The average Bonchev–Trinajstić information content (AvgIpc) is 2.95. The molecule has 0 aliphatic carbocycles. The molecule has 4 rings (SSSR count). The van der Waals surface area contributed by atoms with Crippen molar-refractivity contribution in [1.29, 1.82) is 0 Å². The van der Waals surface area contributed by atoms with Crippen LogP contribution in [0.4, 0.5) is 0 Å². The molecule has 1 amide bonds. The van der Waals surface area contributed by atoms with Gasteiger partial charge >= 0.3 is 0 Å². The summed E-state index contributed by atoms with van der Waals surface area (Å²) >= 11 is 0. The van der Waals surface area contributed by atoms with Gasteiger partial charge in [0.25, 0.3) is 5.91 Å². The summed E-state index contributed by atoms with van der Waals surface area (Å²) in [6, 6.07) is 9.05. The largest absolute Gasteiger partial charge is 0.492 e. The Hall–Kier alpha value is -2.42. The number of carbonyl (C=O) groups excluding carboxylic acids is 1. The predicted octanol–water partition coefficient (Wildman–Crippen LogP) is 2.67. The molecule has 2 heterocycles. The van der Waals surface area contributed by atoms with E-state index < -0.39 is 10.0 Å². The highest BCUT2D eigenvalue weighted by molar-refractivity contribution is 7.89. The van der Waals surface area contributed by atoms with Gasteiger partial charge in [-0.2, -0.15) is 4.31 Å². The second-order valence-electron chi connectivity index (χ2n) is 8.14. The number of aryl methyl sites for hydroxylation is 3. The maximum absolute atomic E-state index is 13.6. The molecule has 2 aromatic carbocycles. The van der Waals surface area contributed by atoms with Crippen molar-refractivity contribution in [2.45, 2.75) is 32.2 Å². The van der Waals surface area contributed by atoms with E-state index in [1.165, 1.54) is 4.31 Å². The van der Waals surface area contributed by atoms with Crippen LogP contribution in [-0.4, -0.2) is 63.0 Å². The molecule has 0 bridgehead atoms. The minimum absolute atomic E-state index is 0.0741. The highest BCUT2D eigenvalue weighted by atomic mass is 32.2. The molecule has 1 fully saturated rings. The maximum Gasteiger partial charge on any atom is 0.254 e. The zero-order valence-electron chi connectivity index (χ0n) is 18.2. The first-order valence-electron chi connectivity index (χ1n) is 10.5. The Labute approximate surface area is 183 Å². The summed E-state index contributed by atoms with van der Waals surface area (Å²) in [4.78, 5) is 15.0. The van der Waals surface area contributed by atoms with Crippen molar-refractivity contribution >= 4 is 15.9 Å². The second-order valence-corrected chi connectivity index (χ2v) is 10.0. The zero-order chi connectivity index (χ0) is 22.2. The number of rotatable bonds is 3. The molecule has 31 heavy (non-hydrogen) atoms. The monoisotopic (exact) mass is 444 g/mol. The van der Waals surface area contributed by atoms with Crippen molar-refractivity contribution in [3.05, 3.63) is 58.1 Å². The third-order valence-electron chi connectivity index (χ3n) is 5.75. The van der Waals surface area contributed by atoms with E-state index in [1.54, 1.807) is 23.1 Å². The molecule has 0 saturated carbocycles. The van der Waals surface area contributed by atoms with Crippen LogP contribution in [0.1, 0.15) is 32.6 Å². The highest BCUT2D eigenvalue weighted by Gasteiger charge is 2.31. The number of amides is 1. The molecule has 0 unspecified atom stereocenters. The maximum atomic E-state index is 13.6. The summed E-state index contributed by atoms with van der Waals surface area (Å²) in [6.45, 7) is 8.44. The molecular formula is C23H28N2O5S. The van der Waals surface area contributed by atoms with Crippen LogP contribution >= 0.6 is 0 Å². The first-order valence-corrected chi connectivity index (χ1v) is 11.9. The molecule has 8 heteroatoms. The van der Waals surface area contributed by atoms with Crippen molar-refractivity contribution in [2.75, 3.05) is 39.5 Å². The van der Waals surface area contributed by atoms with Crippen LogP contribution in [0.25, 0.3) is 0 Å². The van der Waals surface area contributed by atoms with Gasteiger partial charge in [-0.25, -0.2) is 8.42 Å². The molecule has 0 spiro atoms. The van der Waals surface area contributed by atoms with Crippen LogP contribution in [0.15, 0.2) is 35.2 Å². The van der Waals surface area contributed by atoms with E-state index >= 15 is 0 Å². The van der Waals surface area contributed by atoms with Crippen LogP contribution < -0.4 is 4.74 Å². The molecule has 1 saturated heterocycles. The van der Waals surface area contributed by atoms with Crippen LogP contribution in [0, 0.1) is 20.8 Å². The molecule has 0 radical (unpaired) electrons. The Balaban J connectivity index is 1.65. The Morgan fingerprint density at radius 3 is 2.29 bits per heavy atom. The van der Waals surface area contributed by atoms with Crippen molar-refractivity contribution in [1.82, 2.24) is 9.21 Å². The summed E-state index contributed by atoms with van der Waals surface area (Å²) < 4.78 is 39.7. The lowest BCUT2D eigenvalue weighted by Crippen LogP contribution is -2.40. The van der Waals surface area contributed by atoms with E-state index in [9.17, 15) is 13.2 Å². The number of ether oxygens (including phenoxy) is 2. The number of hydrogen-bond donors (Lipinski definition) is 0. The average molecular weight is 445 g/mol. The van der Waals surface area contributed by atoms with Gasteiger partial charge in [0.2, 0.25) is 10.0 Å². The van der Waals surface area contributed by atoms with Crippen LogP contribution in [-0.2, 0) is 21.3 Å².